The smallest absolute Gasteiger partial charge is 0.0351 e. The zero-order valence-electron chi connectivity index (χ0n) is 8.35. The molecule has 0 unspecified atom stereocenters. The van der Waals surface area contributed by atoms with Gasteiger partial charge in [-0.15, -0.1) is 0 Å². The summed E-state index contributed by atoms with van der Waals surface area (Å²) in [5, 5.41) is 7.47. The normalized spacial score (nSPS) is 12.4. The van der Waals surface area contributed by atoms with Gasteiger partial charge in [0.25, 0.3) is 0 Å². The Morgan fingerprint density at radius 1 is 1.33 bits per heavy atom. The molecule has 0 bridgehead atoms. The Balaban J connectivity index is 4.14. The molecule has 0 aromatic heterocycles. The van der Waals surface area contributed by atoms with Crippen LogP contribution in [0, 0.1) is 5.41 Å². The first kappa shape index (κ1) is 11.2. The standard InChI is InChI=1S/C11H19N/c1-4-6-7-9-11(8-5-2)10(3)12/h7-9,12H,4-6H2,1-3H3/b9-7-,11-8+,12-10?. The van der Waals surface area contributed by atoms with E-state index >= 15 is 0 Å². The van der Waals surface area contributed by atoms with E-state index in [-0.39, 0.29) is 0 Å². The van der Waals surface area contributed by atoms with Crippen LogP contribution < -0.4 is 0 Å². The van der Waals surface area contributed by atoms with Crippen molar-refractivity contribution < 1.29 is 0 Å². The van der Waals surface area contributed by atoms with Gasteiger partial charge in [-0.05, 0) is 25.3 Å². The lowest BCUT2D eigenvalue weighted by Crippen LogP contribution is -1.91. The SMILES string of the molecule is CC/C=C(\C=C/CCC)C(C)=N. The van der Waals surface area contributed by atoms with Crippen LogP contribution in [-0.4, -0.2) is 5.71 Å². The maximum Gasteiger partial charge on any atom is 0.0351 e. The highest BCUT2D eigenvalue weighted by atomic mass is 14.4. The molecule has 1 heteroatoms. The maximum atomic E-state index is 7.47. The van der Waals surface area contributed by atoms with Crippen LogP contribution in [0.25, 0.3) is 0 Å². The first-order chi connectivity index (χ1) is 5.72. The molecule has 0 aliphatic heterocycles. The van der Waals surface area contributed by atoms with Gasteiger partial charge in [0.1, 0.15) is 0 Å². The second-order valence-corrected chi connectivity index (χ2v) is 2.88. The van der Waals surface area contributed by atoms with Crippen LogP contribution >= 0.6 is 0 Å². The Morgan fingerprint density at radius 3 is 2.42 bits per heavy atom. The second kappa shape index (κ2) is 6.84. The number of hydrogen-bond donors (Lipinski definition) is 1. The van der Waals surface area contributed by atoms with Crippen molar-refractivity contribution in [2.75, 3.05) is 0 Å². The molecular weight excluding hydrogens is 146 g/mol. The number of allylic oxidation sites excluding steroid dienone is 4. The Morgan fingerprint density at radius 2 is 2.00 bits per heavy atom. The average Bonchev–Trinajstić information content (AvgIpc) is 2.03. The number of nitrogens with one attached hydrogen (secondary N) is 1. The van der Waals surface area contributed by atoms with Crippen molar-refractivity contribution >= 4 is 5.71 Å². The summed E-state index contributed by atoms with van der Waals surface area (Å²) in [6, 6.07) is 0. The highest BCUT2D eigenvalue weighted by Gasteiger charge is 1.91. The van der Waals surface area contributed by atoms with Gasteiger partial charge in [0.15, 0.2) is 0 Å². The molecule has 0 amide bonds. The monoisotopic (exact) mass is 165 g/mol. The van der Waals surface area contributed by atoms with Crippen molar-refractivity contribution in [1.29, 1.82) is 5.41 Å². The van der Waals surface area contributed by atoms with Gasteiger partial charge >= 0.3 is 0 Å². The van der Waals surface area contributed by atoms with Crippen molar-refractivity contribution in [3.05, 3.63) is 23.8 Å². The third-order valence-corrected chi connectivity index (χ3v) is 1.61. The zero-order valence-corrected chi connectivity index (χ0v) is 8.35. The molecule has 1 N–H and O–H groups in total. The molecule has 0 fully saturated rings. The minimum atomic E-state index is 0.657. The average molecular weight is 165 g/mol. The van der Waals surface area contributed by atoms with E-state index in [2.05, 4.69) is 32.1 Å². The third-order valence-electron chi connectivity index (χ3n) is 1.61. The summed E-state index contributed by atoms with van der Waals surface area (Å²) in [5.41, 5.74) is 1.72. The summed E-state index contributed by atoms with van der Waals surface area (Å²) in [6.45, 7) is 6.08. The lowest BCUT2D eigenvalue weighted by molar-refractivity contribution is 0.958. The summed E-state index contributed by atoms with van der Waals surface area (Å²) in [7, 11) is 0. The summed E-state index contributed by atoms with van der Waals surface area (Å²) >= 11 is 0. The molecule has 0 atom stereocenters. The molecular formula is C11H19N. The molecule has 0 aromatic rings. The van der Waals surface area contributed by atoms with Crippen molar-refractivity contribution in [2.45, 2.75) is 40.0 Å². The van der Waals surface area contributed by atoms with Crippen LogP contribution in [0.3, 0.4) is 0 Å². The Kier molecular flexibility index (Phi) is 6.35. The molecule has 0 aliphatic rings. The van der Waals surface area contributed by atoms with Crippen LogP contribution in [0.15, 0.2) is 23.8 Å². The van der Waals surface area contributed by atoms with Gasteiger partial charge in [-0.3, -0.25) is 0 Å². The van der Waals surface area contributed by atoms with Crippen molar-refractivity contribution in [3.8, 4) is 0 Å². The number of rotatable bonds is 5. The largest absolute Gasteiger partial charge is 0.305 e. The summed E-state index contributed by atoms with van der Waals surface area (Å²) < 4.78 is 0. The zero-order chi connectivity index (χ0) is 9.40. The first-order valence-corrected chi connectivity index (χ1v) is 4.64. The van der Waals surface area contributed by atoms with E-state index in [1.165, 1.54) is 6.42 Å². The predicted molar refractivity (Wildman–Crippen MR) is 55.8 cm³/mol. The lowest BCUT2D eigenvalue weighted by Gasteiger charge is -1.97. The van der Waals surface area contributed by atoms with E-state index in [0.29, 0.717) is 5.71 Å². The molecule has 0 spiro atoms. The van der Waals surface area contributed by atoms with E-state index in [0.717, 1.165) is 18.4 Å². The fourth-order valence-electron chi connectivity index (χ4n) is 0.943. The predicted octanol–water partition coefficient (Wildman–Crippen LogP) is 3.72. The quantitative estimate of drug-likeness (QED) is 0.474. The Hall–Kier alpha value is -0.850. The van der Waals surface area contributed by atoms with E-state index < -0.39 is 0 Å². The second-order valence-electron chi connectivity index (χ2n) is 2.88. The minimum absolute atomic E-state index is 0.657. The van der Waals surface area contributed by atoms with E-state index in [1.54, 1.807) is 0 Å². The molecule has 68 valence electrons. The lowest BCUT2D eigenvalue weighted by atomic mass is 10.1. The van der Waals surface area contributed by atoms with Crippen LogP contribution in [0.2, 0.25) is 0 Å². The van der Waals surface area contributed by atoms with Gasteiger partial charge in [0.2, 0.25) is 0 Å². The topological polar surface area (TPSA) is 23.9 Å². The van der Waals surface area contributed by atoms with Crippen molar-refractivity contribution in [3.63, 3.8) is 0 Å². The van der Waals surface area contributed by atoms with Crippen molar-refractivity contribution in [1.82, 2.24) is 0 Å². The molecule has 1 nitrogen and oxygen atoms in total. The minimum Gasteiger partial charge on any atom is -0.305 e. The third kappa shape index (κ3) is 4.89. The summed E-state index contributed by atoms with van der Waals surface area (Å²) in [6.07, 6.45) is 9.56. The van der Waals surface area contributed by atoms with E-state index in [9.17, 15) is 0 Å². The summed E-state index contributed by atoms with van der Waals surface area (Å²) in [5.74, 6) is 0. The van der Waals surface area contributed by atoms with E-state index in [4.69, 9.17) is 5.41 Å². The van der Waals surface area contributed by atoms with Gasteiger partial charge in [-0.2, -0.15) is 0 Å². The molecule has 0 aliphatic carbocycles. The number of hydrogen-bond acceptors (Lipinski definition) is 1. The maximum absolute atomic E-state index is 7.47. The molecule has 12 heavy (non-hydrogen) atoms. The first-order valence-electron chi connectivity index (χ1n) is 4.64. The highest BCUT2D eigenvalue weighted by molar-refractivity contribution is 5.98. The van der Waals surface area contributed by atoms with Crippen LogP contribution in [0.5, 0.6) is 0 Å². The molecule has 0 rings (SSSR count). The molecule has 0 radical (unpaired) electrons. The molecule has 0 saturated heterocycles. The van der Waals surface area contributed by atoms with Gasteiger partial charge in [0.05, 0.1) is 0 Å². The molecule has 0 saturated carbocycles. The van der Waals surface area contributed by atoms with Gasteiger partial charge in [0, 0.05) is 5.71 Å². The van der Waals surface area contributed by atoms with Crippen LogP contribution in [0.4, 0.5) is 0 Å². The fourth-order valence-corrected chi connectivity index (χ4v) is 0.943. The van der Waals surface area contributed by atoms with Crippen LogP contribution in [0.1, 0.15) is 40.0 Å². The fraction of sp³-hybridized carbons (Fsp3) is 0.545. The van der Waals surface area contributed by atoms with Crippen molar-refractivity contribution in [2.24, 2.45) is 0 Å². The molecule has 0 heterocycles. The van der Waals surface area contributed by atoms with Gasteiger partial charge in [-0.25, -0.2) is 0 Å². The van der Waals surface area contributed by atoms with Gasteiger partial charge in [-0.1, -0.05) is 38.5 Å². The van der Waals surface area contributed by atoms with Crippen LogP contribution in [-0.2, 0) is 0 Å². The Bertz CT molecular complexity index is 187. The Labute approximate surface area is 75.7 Å². The highest BCUT2D eigenvalue weighted by Crippen LogP contribution is 2.02. The number of unbranched alkanes of at least 4 members (excludes halogenated alkanes) is 1. The summed E-state index contributed by atoms with van der Waals surface area (Å²) in [4.78, 5) is 0. The molecule has 0 aromatic carbocycles. The van der Waals surface area contributed by atoms with Gasteiger partial charge < -0.3 is 5.41 Å². The van der Waals surface area contributed by atoms with E-state index in [1.807, 2.05) is 6.92 Å².